The molecule has 0 spiro atoms. The molecule has 2 aromatic rings. The molecule has 3 rings (SSSR count). The van der Waals surface area contributed by atoms with Crippen molar-refractivity contribution in [1.29, 1.82) is 0 Å². The van der Waals surface area contributed by atoms with Gasteiger partial charge in [-0.2, -0.15) is 0 Å². The zero-order valence-electron chi connectivity index (χ0n) is 11.9. The summed E-state index contributed by atoms with van der Waals surface area (Å²) in [5.41, 5.74) is 1.07. The maximum atomic E-state index is 6.21. The fourth-order valence-electron chi connectivity index (χ4n) is 2.63. The Morgan fingerprint density at radius 3 is 2.91 bits per heavy atom. The van der Waals surface area contributed by atoms with Crippen LogP contribution >= 0.6 is 39.1 Å². The molecule has 0 unspecified atom stereocenters. The van der Waals surface area contributed by atoms with Crippen LogP contribution in [0.25, 0.3) is 0 Å². The maximum absolute atomic E-state index is 6.21. The van der Waals surface area contributed by atoms with Crippen LogP contribution in [0, 0.1) is 0 Å². The molecule has 0 aliphatic carbocycles. The third kappa shape index (κ3) is 3.93. The Balaban J connectivity index is 1.57. The minimum Gasteiger partial charge on any atom is -0.355 e. The van der Waals surface area contributed by atoms with Crippen LogP contribution in [0.15, 0.2) is 41.0 Å². The minimum atomic E-state index is 0.438. The van der Waals surface area contributed by atoms with E-state index in [1.54, 1.807) is 6.07 Å². The second-order valence-corrected chi connectivity index (χ2v) is 7.02. The summed E-state index contributed by atoms with van der Waals surface area (Å²) in [7, 11) is 0. The van der Waals surface area contributed by atoms with Gasteiger partial charge in [-0.05, 0) is 52.2 Å². The summed E-state index contributed by atoms with van der Waals surface area (Å²) in [4.78, 5) is 6.81. The Bertz CT molecular complexity index is 666. The minimum absolute atomic E-state index is 0.438. The fraction of sp³-hybridized carbons (Fsp3) is 0.312. The highest BCUT2D eigenvalue weighted by atomic mass is 79.9. The Hall–Kier alpha value is -0.810. The predicted octanol–water partition coefficient (Wildman–Crippen LogP) is 4.52. The number of anilines is 1. The van der Waals surface area contributed by atoms with E-state index in [0.717, 1.165) is 42.0 Å². The third-order valence-electron chi connectivity index (χ3n) is 3.81. The molecule has 1 saturated heterocycles. The molecule has 6 heteroatoms. The summed E-state index contributed by atoms with van der Waals surface area (Å²) in [6.45, 7) is 2.71. The summed E-state index contributed by atoms with van der Waals surface area (Å²) < 4.78 is 0.870. The average Bonchev–Trinajstić information content (AvgIpc) is 2.95. The van der Waals surface area contributed by atoms with Crippen LogP contribution < -0.4 is 10.2 Å². The smallest absolute Gasteiger partial charge is 0.129 e. The van der Waals surface area contributed by atoms with Crippen LogP contribution in [0.2, 0.25) is 10.0 Å². The molecule has 1 fully saturated rings. The number of rotatable bonds is 4. The largest absolute Gasteiger partial charge is 0.355 e. The second-order valence-electron chi connectivity index (χ2n) is 5.37. The SMILES string of the molecule is Clc1ccc(CN[C@H]2CCN(c3cccc(Br)n3)C2)c(Cl)c1. The van der Waals surface area contributed by atoms with Crippen molar-refractivity contribution in [3.8, 4) is 0 Å². The lowest BCUT2D eigenvalue weighted by Gasteiger charge is -2.18. The molecule has 3 nitrogen and oxygen atoms in total. The first-order valence-electron chi connectivity index (χ1n) is 7.16. The molecule has 2 heterocycles. The number of nitrogens with zero attached hydrogens (tertiary/aromatic N) is 2. The third-order valence-corrected chi connectivity index (χ3v) is 4.84. The van der Waals surface area contributed by atoms with Crippen molar-refractivity contribution in [1.82, 2.24) is 10.3 Å². The molecule has 22 heavy (non-hydrogen) atoms. The van der Waals surface area contributed by atoms with E-state index in [9.17, 15) is 0 Å². The van der Waals surface area contributed by atoms with Gasteiger partial charge in [0.25, 0.3) is 0 Å². The van der Waals surface area contributed by atoms with Crippen molar-refractivity contribution in [2.24, 2.45) is 0 Å². The van der Waals surface area contributed by atoms with Gasteiger partial charge in [-0.15, -0.1) is 0 Å². The van der Waals surface area contributed by atoms with Gasteiger partial charge in [0.15, 0.2) is 0 Å². The molecule has 116 valence electrons. The number of aromatic nitrogens is 1. The van der Waals surface area contributed by atoms with Crippen molar-refractivity contribution in [2.75, 3.05) is 18.0 Å². The monoisotopic (exact) mass is 399 g/mol. The van der Waals surface area contributed by atoms with Crippen molar-refractivity contribution < 1.29 is 0 Å². The van der Waals surface area contributed by atoms with Gasteiger partial charge < -0.3 is 10.2 Å². The van der Waals surface area contributed by atoms with Gasteiger partial charge in [-0.25, -0.2) is 4.98 Å². The van der Waals surface area contributed by atoms with Crippen LogP contribution in [0.1, 0.15) is 12.0 Å². The van der Waals surface area contributed by atoms with Crippen LogP contribution in [-0.2, 0) is 6.54 Å². The van der Waals surface area contributed by atoms with Crippen LogP contribution in [0.4, 0.5) is 5.82 Å². The lowest BCUT2D eigenvalue weighted by atomic mass is 10.2. The van der Waals surface area contributed by atoms with Crippen molar-refractivity contribution in [3.63, 3.8) is 0 Å². The van der Waals surface area contributed by atoms with Gasteiger partial charge >= 0.3 is 0 Å². The van der Waals surface area contributed by atoms with E-state index in [1.165, 1.54) is 0 Å². The molecule has 1 aromatic heterocycles. The van der Waals surface area contributed by atoms with Gasteiger partial charge in [0, 0.05) is 35.7 Å². The fourth-order valence-corrected chi connectivity index (χ4v) is 3.44. The molecule has 0 saturated carbocycles. The molecule has 1 aromatic carbocycles. The first-order chi connectivity index (χ1) is 10.6. The van der Waals surface area contributed by atoms with E-state index in [4.69, 9.17) is 23.2 Å². The van der Waals surface area contributed by atoms with E-state index in [-0.39, 0.29) is 0 Å². The molecule has 1 aliphatic heterocycles. The van der Waals surface area contributed by atoms with Gasteiger partial charge in [-0.3, -0.25) is 0 Å². The Morgan fingerprint density at radius 2 is 2.14 bits per heavy atom. The summed E-state index contributed by atoms with van der Waals surface area (Å²) in [5.74, 6) is 1.02. The van der Waals surface area contributed by atoms with Gasteiger partial charge in [0.2, 0.25) is 0 Å². The maximum Gasteiger partial charge on any atom is 0.129 e. The van der Waals surface area contributed by atoms with E-state index in [0.29, 0.717) is 16.1 Å². The zero-order chi connectivity index (χ0) is 15.5. The summed E-state index contributed by atoms with van der Waals surface area (Å²) in [6.07, 6.45) is 1.10. The number of pyridine rings is 1. The standard InChI is InChI=1S/C16H16BrCl2N3/c17-15-2-1-3-16(21-15)22-7-6-13(10-22)20-9-11-4-5-12(18)8-14(11)19/h1-5,8,13,20H,6-7,9-10H2/t13-/m0/s1. The zero-order valence-corrected chi connectivity index (χ0v) is 15.0. The molecule has 0 bridgehead atoms. The Morgan fingerprint density at radius 1 is 1.27 bits per heavy atom. The number of hydrogen-bond acceptors (Lipinski definition) is 3. The van der Waals surface area contributed by atoms with Crippen LogP contribution in [0.5, 0.6) is 0 Å². The lowest BCUT2D eigenvalue weighted by Crippen LogP contribution is -2.32. The molecule has 1 N–H and O–H groups in total. The first kappa shape index (κ1) is 16.1. The number of hydrogen-bond donors (Lipinski definition) is 1. The summed E-state index contributed by atoms with van der Waals surface area (Å²) in [6, 6.07) is 12.1. The normalized spacial score (nSPS) is 18.0. The highest BCUT2D eigenvalue weighted by molar-refractivity contribution is 9.10. The number of benzene rings is 1. The summed E-state index contributed by atoms with van der Waals surface area (Å²) >= 11 is 15.5. The number of nitrogens with one attached hydrogen (secondary N) is 1. The Labute approximate surface area is 148 Å². The lowest BCUT2D eigenvalue weighted by molar-refractivity contribution is 0.551. The second kappa shape index (κ2) is 7.18. The highest BCUT2D eigenvalue weighted by Gasteiger charge is 2.23. The Kier molecular flexibility index (Phi) is 5.24. The van der Waals surface area contributed by atoms with Gasteiger partial charge in [0.1, 0.15) is 10.4 Å². The molecule has 0 radical (unpaired) electrons. The van der Waals surface area contributed by atoms with E-state index >= 15 is 0 Å². The van der Waals surface area contributed by atoms with Gasteiger partial charge in [-0.1, -0.05) is 35.3 Å². The highest BCUT2D eigenvalue weighted by Crippen LogP contribution is 2.23. The van der Waals surface area contributed by atoms with Crippen molar-refractivity contribution in [2.45, 2.75) is 19.0 Å². The van der Waals surface area contributed by atoms with Crippen LogP contribution in [-0.4, -0.2) is 24.1 Å². The molecular formula is C16H16BrCl2N3. The van der Waals surface area contributed by atoms with E-state index in [2.05, 4.69) is 31.1 Å². The first-order valence-corrected chi connectivity index (χ1v) is 8.71. The topological polar surface area (TPSA) is 28.2 Å². The molecule has 1 aliphatic rings. The van der Waals surface area contributed by atoms with Crippen molar-refractivity contribution in [3.05, 3.63) is 56.6 Å². The van der Waals surface area contributed by atoms with E-state index in [1.807, 2.05) is 30.3 Å². The van der Waals surface area contributed by atoms with Crippen molar-refractivity contribution >= 4 is 44.9 Å². The van der Waals surface area contributed by atoms with Crippen LogP contribution in [0.3, 0.4) is 0 Å². The number of halogens is 3. The van der Waals surface area contributed by atoms with E-state index < -0.39 is 0 Å². The predicted molar refractivity (Wildman–Crippen MR) is 95.9 cm³/mol. The van der Waals surface area contributed by atoms with Gasteiger partial charge in [0.05, 0.1) is 0 Å². The molecule has 0 amide bonds. The quantitative estimate of drug-likeness (QED) is 0.764. The molecule has 1 atom stereocenters. The average molecular weight is 401 g/mol. The molecular weight excluding hydrogens is 385 g/mol. The summed E-state index contributed by atoms with van der Waals surface area (Å²) in [5, 5.41) is 4.94.